The van der Waals surface area contributed by atoms with E-state index in [1.54, 1.807) is 24.8 Å². The largest absolute Gasteiger partial charge is 0.336 e. The summed E-state index contributed by atoms with van der Waals surface area (Å²) in [6, 6.07) is 13.7. The summed E-state index contributed by atoms with van der Waals surface area (Å²) >= 11 is 0. The van der Waals surface area contributed by atoms with E-state index in [2.05, 4.69) is 41.2 Å². The average Bonchev–Trinajstić information content (AvgIpc) is 3.43. The van der Waals surface area contributed by atoms with Gasteiger partial charge in [0.1, 0.15) is 23.2 Å². The normalized spacial score (nSPS) is 11.3. The molecule has 0 aliphatic rings. The van der Waals surface area contributed by atoms with E-state index in [4.69, 9.17) is 4.98 Å². The maximum absolute atomic E-state index is 4.82. The third kappa shape index (κ3) is 2.62. The standard InChI is InChI=1S/C22H14N8/c1-2-7-25-17(3-1)20-21-18(6-8-26-20)27-22(28-21)19-15-9-13(4-5-16(15)29-30-19)14-10-23-12-24-11-14/h1-12H,(H,27,28)(H,29,30). The van der Waals surface area contributed by atoms with Gasteiger partial charge in [-0.3, -0.25) is 15.1 Å². The molecule has 0 aliphatic carbocycles. The Hall–Kier alpha value is -4.46. The molecule has 6 aromatic rings. The van der Waals surface area contributed by atoms with E-state index in [0.717, 1.165) is 50.1 Å². The Balaban J connectivity index is 1.52. The number of aromatic nitrogens is 8. The van der Waals surface area contributed by atoms with Crippen molar-refractivity contribution in [2.24, 2.45) is 0 Å². The van der Waals surface area contributed by atoms with Crippen LogP contribution in [0.4, 0.5) is 0 Å². The molecule has 1 aromatic carbocycles. The van der Waals surface area contributed by atoms with Crippen LogP contribution in [-0.4, -0.2) is 40.1 Å². The Labute approximate surface area is 170 Å². The minimum atomic E-state index is 0.669. The minimum absolute atomic E-state index is 0.669. The maximum atomic E-state index is 4.82. The van der Waals surface area contributed by atoms with Gasteiger partial charge >= 0.3 is 0 Å². The zero-order valence-electron chi connectivity index (χ0n) is 15.6. The van der Waals surface area contributed by atoms with Gasteiger partial charge in [-0.05, 0) is 35.9 Å². The van der Waals surface area contributed by atoms with E-state index in [1.807, 2.05) is 36.4 Å². The lowest BCUT2D eigenvalue weighted by atomic mass is 10.1. The molecule has 0 bridgehead atoms. The molecule has 2 N–H and O–H groups in total. The number of nitrogens with zero attached hydrogens (tertiary/aromatic N) is 6. The fourth-order valence-corrected chi connectivity index (χ4v) is 3.56. The Kier molecular flexibility index (Phi) is 3.60. The predicted molar refractivity (Wildman–Crippen MR) is 113 cm³/mol. The van der Waals surface area contributed by atoms with Gasteiger partial charge in [0.25, 0.3) is 0 Å². The number of nitrogens with one attached hydrogen (secondary N) is 2. The van der Waals surface area contributed by atoms with Gasteiger partial charge in [-0.25, -0.2) is 15.0 Å². The van der Waals surface area contributed by atoms with Crippen molar-refractivity contribution in [1.82, 2.24) is 40.1 Å². The number of imidazole rings is 1. The lowest BCUT2D eigenvalue weighted by Crippen LogP contribution is -1.88. The number of H-pyrrole nitrogens is 2. The number of pyridine rings is 2. The average molecular weight is 390 g/mol. The molecular weight excluding hydrogens is 376 g/mol. The van der Waals surface area contributed by atoms with E-state index >= 15 is 0 Å². The molecule has 0 saturated heterocycles. The second kappa shape index (κ2) is 6.56. The first kappa shape index (κ1) is 16.5. The third-order valence-electron chi connectivity index (χ3n) is 4.99. The fraction of sp³-hybridized carbons (Fsp3) is 0. The number of aromatic amines is 2. The van der Waals surface area contributed by atoms with E-state index in [0.29, 0.717) is 5.82 Å². The molecule has 0 spiro atoms. The van der Waals surface area contributed by atoms with E-state index in [1.165, 1.54) is 6.33 Å². The molecule has 0 saturated carbocycles. The van der Waals surface area contributed by atoms with Crippen LogP contribution in [0.25, 0.3) is 56.0 Å². The number of benzene rings is 1. The van der Waals surface area contributed by atoms with Crippen LogP contribution in [0.2, 0.25) is 0 Å². The predicted octanol–water partition coefficient (Wildman–Crippen LogP) is 4.02. The highest BCUT2D eigenvalue weighted by atomic mass is 15.1. The number of fused-ring (bicyclic) bond motifs is 2. The zero-order chi connectivity index (χ0) is 19.9. The van der Waals surface area contributed by atoms with Crippen molar-refractivity contribution in [3.8, 4) is 34.0 Å². The van der Waals surface area contributed by atoms with Crippen LogP contribution in [0.15, 0.2) is 73.6 Å². The quantitative estimate of drug-likeness (QED) is 0.472. The van der Waals surface area contributed by atoms with Crippen LogP contribution < -0.4 is 0 Å². The van der Waals surface area contributed by atoms with Gasteiger partial charge < -0.3 is 4.98 Å². The second-order valence-corrected chi connectivity index (χ2v) is 6.82. The first-order valence-electron chi connectivity index (χ1n) is 9.37. The Morgan fingerprint density at radius 1 is 0.767 bits per heavy atom. The lowest BCUT2D eigenvalue weighted by Gasteiger charge is -2.01. The summed E-state index contributed by atoms with van der Waals surface area (Å²) in [6.07, 6.45) is 8.61. The maximum Gasteiger partial charge on any atom is 0.159 e. The first-order valence-corrected chi connectivity index (χ1v) is 9.37. The molecule has 0 aliphatic heterocycles. The highest BCUT2D eigenvalue weighted by molar-refractivity contribution is 5.97. The van der Waals surface area contributed by atoms with Crippen molar-refractivity contribution in [2.45, 2.75) is 0 Å². The van der Waals surface area contributed by atoms with Crippen molar-refractivity contribution in [3.05, 3.63) is 73.6 Å². The molecule has 142 valence electrons. The van der Waals surface area contributed by atoms with Gasteiger partial charge in [0.05, 0.1) is 16.7 Å². The van der Waals surface area contributed by atoms with E-state index in [9.17, 15) is 0 Å². The van der Waals surface area contributed by atoms with Gasteiger partial charge in [-0.15, -0.1) is 0 Å². The number of rotatable bonds is 3. The van der Waals surface area contributed by atoms with Gasteiger partial charge in [0.2, 0.25) is 0 Å². The van der Waals surface area contributed by atoms with Crippen LogP contribution in [0.1, 0.15) is 0 Å². The molecule has 0 atom stereocenters. The Bertz CT molecular complexity index is 1490. The Morgan fingerprint density at radius 2 is 1.70 bits per heavy atom. The van der Waals surface area contributed by atoms with Crippen molar-refractivity contribution >= 4 is 21.9 Å². The van der Waals surface area contributed by atoms with Crippen LogP contribution >= 0.6 is 0 Å². The number of hydrogen-bond donors (Lipinski definition) is 2. The SMILES string of the molecule is c1ccc(-c2nccc3[nH]c(-c4n[nH]c5ccc(-c6cncnc6)cc45)nc23)nc1. The highest BCUT2D eigenvalue weighted by Gasteiger charge is 2.16. The topological polar surface area (TPSA) is 109 Å². The Morgan fingerprint density at radius 3 is 2.57 bits per heavy atom. The molecule has 8 heteroatoms. The molecule has 0 amide bonds. The van der Waals surface area contributed by atoms with Crippen molar-refractivity contribution < 1.29 is 0 Å². The molecular formula is C22H14N8. The summed E-state index contributed by atoms with van der Waals surface area (Å²) in [4.78, 5) is 25.3. The van der Waals surface area contributed by atoms with Crippen molar-refractivity contribution in [3.63, 3.8) is 0 Å². The summed E-state index contributed by atoms with van der Waals surface area (Å²) in [5.74, 6) is 0.669. The first-order chi connectivity index (χ1) is 14.9. The van der Waals surface area contributed by atoms with Crippen LogP contribution in [0.3, 0.4) is 0 Å². The van der Waals surface area contributed by atoms with E-state index in [-0.39, 0.29) is 0 Å². The molecule has 0 fully saturated rings. The van der Waals surface area contributed by atoms with Crippen LogP contribution in [0.5, 0.6) is 0 Å². The molecule has 30 heavy (non-hydrogen) atoms. The summed E-state index contributed by atoms with van der Waals surface area (Å²) in [5.41, 5.74) is 6.77. The van der Waals surface area contributed by atoms with Crippen molar-refractivity contribution in [1.29, 1.82) is 0 Å². The molecule has 0 radical (unpaired) electrons. The summed E-state index contributed by atoms with van der Waals surface area (Å²) in [5, 5.41) is 8.56. The molecule has 0 unspecified atom stereocenters. The van der Waals surface area contributed by atoms with Gasteiger partial charge in [-0.1, -0.05) is 12.1 Å². The summed E-state index contributed by atoms with van der Waals surface area (Å²) in [7, 11) is 0. The lowest BCUT2D eigenvalue weighted by molar-refractivity contribution is 1.11. The van der Waals surface area contributed by atoms with E-state index < -0.39 is 0 Å². The second-order valence-electron chi connectivity index (χ2n) is 6.82. The third-order valence-corrected chi connectivity index (χ3v) is 4.99. The number of hydrogen-bond acceptors (Lipinski definition) is 6. The monoisotopic (exact) mass is 390 g/mol. The van der Waals surface area contributed by atoms with Gasteiger partial charge in [0, 0.05) is 35.7 Å². The molecule has 6 rings (SSSR count). The smallest absolute Gasteiger partial charge is 0.159 e. The van der Waals surface area contributed by atoms with Crippen molar-refractivity contribution in [2.75, 3.05) is 0 Å². The van der Waals surface area contributed by atoms with Crippen LogP contribution in [0, 0.1) is 0 Å². The summed E-state index contributed by atoms with van der Waals surface area (Å²) < 4.78 is 0. The minimum Gasteiger partial charge on any atom is -0.336 e. The fourth-order valence-electron chi connectivity index (χ4n) is 3.56. The molecule has 5 aromatic heterocycles. The summed E-state index contributed by atoms with van der Waals surface area (Å²) in [6.45, 7) is 0. The van der Waals surface area contributed by atoms with Crippen LogP contribution in [-0.2, 0) is 0 Å². The van der Waals surface area contributed by atoms with Gasteiger partial charge in [0.15, 0.2) is 5.82 Å². The highest BCUT2D eigenvalue weighted by Crippen LogP contribution is 2.31. The molecule has 8 nitrogen and oxygen atoms in total. The zero-order valence-corrected chi connectivity index (χ0v) is 15.6. The van der Waals surface area contributed by atoms with Gasteiger partial charge in [-0.2, -0.15) is 5.10 Å². The molecule has 5 heterocycles.